The largest absolute Gasteiger partial charge is 0.472 e. The summed E-state index contributed by atoms with van der Waals surface area (Å²) in [4.78, 5) is 9.89. The van der Waals surface area contributed by atoms with E-state index in [1.807, 2.05) is 5.92 Å². The molecule has 0 aromatic heterocycles. The van der Waals surface area contributed by atoms with Gasteiger partial charge < -0.3 is 5.11 Å². The van der Waals surface area contributed by atoms with Crippen molar-refractivity contribution in [1.29, 1.82) is 0 Å². The van der Waals surface area contributed by atoms with E-state index >= 15 is 0 Å². The first-order chi connectivity index (χ1) is 4.92. The molecule has 0 saturated carbocycles. The summed E-state index contributed by atoms with van der Waals surface area (Å²) in [6.07, 6.45) is 0. The van der Waals surface area contributed by atoms with Crippen LogP contribution in [0.2, 0.25) is 19.6 Å². The summed E-state index contributed by atoms with van der Waals surface area (Å²) in [5, 5.41) is 8.11. The number of carboxylic acids is 1. The van der Waals surface area contributed by atoms with Crippen molar-refractivity contribution in [3.05, 3.63) is 0 Å². The highest BCUT2D eigenvalue weighted by Crippen LogP contribution is 1.95. The van der Waals surface area contributed by atoms with Crippen LogP contribution >= 0.6 is 0 Å². The zero-order valence-electron chi connectivity index (χ0n) is 6.86. The third-order valence-electron chi connectivity index (χ3n) is 0.669. The lowest BCUT2D eigenvalue weighted by molar-refractivity contribution is -0.130. The Hall–Kier alpha value is -1.19. The molecular formula is C8H10O2Si. The molecular weight excluding hydrogens is 156 g/mol. The molecule has 2 nitrogen and oxygen atoms in total. The van der Waals surface area contributed by atoms with E-state index in [2.05, 4.69) is 37.0 Å². The van der Waals surface area contributed by atoms with Crippen LogP contribution in [0.25, 0.3) is 0 Å². The SMILES string of the molecule is C[Si](C)(C)C#CC#CC(=O)O. The summed E-state index contributed by atoms with van der Waals surface area (Å²) < 4.78 is 0. The second-order valence-corrected chi connectivity index (χ2v) is 7.81. The molecule has 0 amide bonds. The minimum absolute atomic E-state index is 1.13. The van der Waals surface area contributed by atoms with E-state index in [0.717, 1.165) is 0 Å². The van der Waals surface area contributed by atoms with Gasteiger partial charge in [0.25, 0.3) is 0 Å². The smallest absolute Gasteiger partial charge is 0.382 e. The predicted molar refractivity (Wildman–Crippen MR) is 46.5 cm³/mol. The molecule has 0 rings (SSSR count). The fraction of sp³-hybridized carbons (Fsp3) is 0.375. The zero-order chi connectivity index (χ0) is 8.91. The van der Waals surface area contributed by atoms with E-state index in [9.17, 15) is 4.79 Å². The standard InChI is InChI=1S/C8H10O2Si/c1-11(2,3)7-5-4-6-8(9)10/h1-3H3,(H,9,10). The average molecular weight is 166 g/mol. The molecule has 0 aliphatic carbocycles. The van der Waals surface area contributed by atoms with Crippen LogP contribution in [-0.2, 0) is 4.79 Å². The molecule has 58 valence electrons. The second kappa shape index (κ2) is 3.85. The summed E-state index contributed by atoms with van der Waals surface area (Å²) in [7, 11) is -1.39. The molecule has 0 aromatic carbocycles. The quantitative estimate of drug-likeness (QED) is 0.430. The first kappa shape index (κ1) is 9.81. The monoisotopic (exact) mass is 166 g/mol. The van der Waals surface area contributed by atoms with Crippen LogP contribution in [0.3, 0.4) is 0 Å². The lowest BCUT2D eigenvalue weighted by atomic mass is 10.6. The molecule has 11 heavy (non-hydrogen) atoms. The van der Waals surface area contributed by atoms with Gasteiger partial charge in [-0.1, -0.05) is 19.6 Å². The van der Waals surface area contributed by atoms with Crippen molar-refractivity contribution < 1.29 is 9.90 Å². The van der Waals surface area contributed by atoms with Crippen molar-refractivity contribution in [3.8, 4) is 23.3 Å². The molecule has 0 unspecified atom stereocenters. The van der Waals surface area contributed by atoms with Crippen molar-refractivity contribution in [1.82, 2.24) is 0 Å². The van der Waals surface area contributed by atoms with Crippen LogP contribution in [0.15, 0.2) is 0 Å². The minimum Gasteiger partial charge on any atom is -0.472 e. The fourth-order valence-corrected chi connectivity index (χ4v) is 0.741. The lowest BCUT2D eigenvalue weighted by Gasteiger charge is -2.01. The Morgan fingerprint density at radius 2 is 1.82 bits per heavy atom. The molecule has 1 N–H and O–H groups in total. The van der Waals surface area contributed by atoms with Crippen molar-refractivity contribution in [2.24, 2.45) is 0 Å². The molecule has 0 aliphatic heterocycles. The maximum absolute atomic E-state index is 9.89. The van der Waals surface area contributed by atoms with Crippen LogP contribution in [0.1, 0.15) is 0 Å². The van der Waals surface area contributed by atoms with Gasteiger partial charge in [-0.2, -0.15) is 0 Å². The first-order valence-electron chi connectivity index (χ1n) is 3.18. The summed E-state index contributed by atoms with van der Waals surface area (Å²) in [5.41, 5.74) is 2.93. The van der Waals surface area contributed by atoms with Gasteiger partial charge in [0.2, 0.25) is 0 Å². The molecule has 0 bridgehead atoms. The lowest BCUT2D eigenvalue weighted by Crippen LogP contribution is -2.16. The minimum atomic E-state index is -1.39. The summed E-state index contributed by atoms with van der Waals surface area (Å²) in [6.45, 7) is 6.22. The first-order valence-corrected chi connectivity index (χ1v) is 6.68. The van der Waals surface area contributed by atoms with Crippen LogP contribution in [-0.4, -0.2) is 19.1 Å². The van der Waals surface area contributed by atoms with Gasteiger partial charge in [-0.3, -0.25) is 0 Å². The number of carboxylic acid groups (broad SMARTS) is 1. The molecule has 0 heterocycles. The predicted octanol–water partition coefficient (Wildman–Crippen LogP) is 0.955. The highest BCUT2D eigenvalue weighted by Gasteiger charge is 2.06. The van der Waals surface area contributed by atoms with E-state index in [1.54, 1.807) is 0 Å². The average Bonchev–Trinajstić information content (AvgIpc) is 1.78. The normalized spacial score (nSPS) is 8.64. The van der Waals surface area contributed by atoms with Gasteiger partial charge in [-0.15, -0.1) is 5.54 Å². The van der Waals surface area contributed by atoms with Gasteiger partial charge in [0, 0.05) is 5.92 Å². The van der Waals surface area contributed by atoms with Gasteiger partial charge in [0.05, 0.1) is 0 Å². The summed E-state index contributed by atoms with van der Waals surface area (Å²) in [6, 6.07) is 0. The highest BCUT2D eigenvalue weighted by atomic mass is 28.3. The molecule has 0 atom stereocenters. The van der Waals surface area contributed by atoms with Crippen molar-refractivity contribution >= 4 is 14.0 Å². The molecule has 3 heteroatoms. The Balaban J connectivity index is 4.16. The van der Waals surface area contributed by atoms with E-state index < -0.39 is 14.0 Å². The molecule has 0 aliphatic rings. The van der Waals surface area contributed by atoms with E-state index in [0.29, 0.717) is 0 Å². The molecule has 0 aromatic rings. The highest BCUT2D eigenvalue weighted by molar-refractivity contribution is 6.83. The van der Waals surface area contributed by atoms with Gasteiger partial charge in [0.1, 0.15) is 8.07 Å². The Morgan fingerprint density at radius 3 is 2.18 bits per heavy atom. The van der Waals surface area contributed by atoms with E-state index in [-0.39, 0.29) is 0 Å². The number of rotatable bonds is 0. The number of hydrogen-bond acceptors (Lipinski definition) is 1. The number of hydrogen-bond donors (Lipinski definition) is 1. The number of carbonyl (C=O) groups is 1. The molecule has 0 radical (unpaired) electrons. The van der Waals surface area contributed by atoms with Crippen LogP contribution < -0.4 is 0 Å². The van der Waals surface area contributed by atoms with Crippen molar-refractivity contribution in [2.45, 2.75) is 19.6 Å². The van der Waals surface area contributed by atoms with E-state index in [1.165, 1.54) is 0 Å². The fourth-order valence-electron chi connectivity index (χ4n) is 0.303. The molecule has 0 fully saturated rings. The summed E-state index contributed by atoms with van der Waals surface area (Å²) >= 11 is 0. The Morgan fingerprint density at radius 1 is 1.27 bits per heavy atom. The third kappa shape index (κ3) is 8.81. The third-order valence-corrected chi connectivity index (χ3v) is 1.54. The summed E-state index contributed by atoms with van der Waals surface area (Å²) in [5.74, 6) is 5.60. The van der Waals surface area contributed by atoms with Gasteiger partial charge in [0.15, 0.2) is 0 Å². The zero-order valence-corrected chi connectivity index (χ0v) is 7.86. The Labute approximate surface area is 67.6 Å². The van der Waals surface area contributed by atoms with E-state index in [4.69, 9.17) is 5.11 Å². The Kier molecular flexibility index (Phi) is 3.43. The van der Waals surface area contributed by atoms with Gasteiger partial charge >= 0.3 is 5.97 Å². The maximum atomic E-state index is 9.89. The van der Waals surface area contributed by atoms with Gasteiger partial charge in [-0.25, -0.2) is 4.79 Å². The second-order valence-electron chi connectivity index (χ2n) is 3.06. The maximum Gasteiger partial charge on any atom is 0.382 e. The molecule has 0 spiro atoms. The topological polar surface area (TPSA) is 37.3 Å². The molecule has 0 saturated heterocycles. The van der Waals surface area contributed by atoms with Crippen LogP contribution in [0.4, 0.5) is 0 Å². The van der Waals surface area contributed by atoms with Crippen LogP contribution in [0, 0.1) is 23.3 Å². The van der Waals surface area contributed by atoms with Crippen LogP contribution in [0.5, 0.6) is 0 Å². The number of aliphatic carboxylic acids is 1. The van der Waals surface area contributed by atoms with Crippen molar-refractivity contribution in [3.63, 3.8) is 0 Å². The Bertz CT molecular complexity index is 264. The van der Waals surface area contributed by atoms with Gasteiger partial charge in [-0.05, 0) is 11.8 Å². The van der Waals surface area contributed by atoms with Crippen molar-refractivity contribution in [2.75, 3.05) is 0 Å².